The van der Waals surface area contributed by atoms with Gasteiger partial charge in [0.15, 0.2) is 5.01 Å². The summed E-state index contributed by atoms with van der Waals surface area (Å²) in [4.78, 5) is 3.50. The fourth-order valence-corrected chi connectivity index (χ4v) is 2.64. The van der Waals surface area contributed by atoms with Gasteiger partial charge in [-0.1, -0.05) is 0 Å². The summed E-state index contributed by atoms with van der Waals surface area (Å²) in [6.45, 7) is 1.98. The van der Waals surface area contributed by atoms with E-state index in [1.807, 2.05) is 0 Å². The number of aliphatic hydroxyl groups is 1. The molecule has 0 amide bonds. The highest BCUT2D eigenvalue weighted by Crippen LogP contribution is 2.41. The molecule has 0 saturated carbocycles. The number of aromatic nitrogens is 1. The smallest absolute Gasteiger partial charge is 0.381 e. The Morgan fingerprint density at radius 1 is 1.62 bits per heavy atom. The van der Waals surface area contributed by atoms with E-state index in [9.17, 15) is 18.3 Å². The van der Waals surface area contributed by atoms with Crippen LogP contribution >= 0.6 is 11.3 Å². The summed E-state index contributed by atoms with van der Waals surface area (Å²) in [6.07, 6.45) is -3.58. The standard InChI is InChI=1S/C9H10F3NO2S/c1-5-8(14,2-3-15-5)6-4-13-7(16-6)9(10,11)12/h4-5,14H,2-3H2,1H3. The molecule has 0 spiro atoms. The lowest BCUT2D eigenvalue weighted by molar-refractivity contribution is -0.137. The number of nitrogens with zero attached hydrogens (tertiary/aromatic N) is 1. The van der Waals surface area contributed by atoms with Gasteiger partial charge < -0.3 is 9.84 Å². The van der Waals surface area contributed by atoms with Crippen LogP contribution in [0.3, 0.4) is 0 Å². The maximum Gasteiger partial charge on any atom is 0.443 e. The van der Waals surface area contributed by atoms with E-state index in [4.69, 9.17) is 4.74 Å². The lowest BCUT2D eigenvalue weighted by Crippen LogP contribution is -2.32. The molecule has 1 N–H and O–H groups in total. The van der Waals surface area contributed by atoms with E-state index in [1.54, 1.807) is 6.92 Å². The second-order valence-electron chi connectivity index (χ2n) is 3.71. The van der Waals surface area contributed by atoms with Gasteiger partial charge in [0.05, 0.1) is 17.6 Å². The van der Waals surface area contributed by atoms with Gasteiger partial charge in [-0.25, -0.2) is 4.98 Å². The van der Waals surface area contributed by atoms with Crippen molar-refractivity contribution in [3.8, 4) is 0 Å². The first-order valence-electron chi connectivity index (χ1n) is 4.71. The largest absolute Gasteiger partial charge is 0.443 e. The molecule has 1 fully saturated rings. The molecule has 1 saturated heterocycles. The summed E-state index contributed by atoms with van der Waals surface area (Å²) in [7, 11) is 0. The van der Waals surface area contributed by atoms with Crippen molar-refractivity contribution in [3.63, 3.8) is 0 Å². The Hall–Kier alpha value is -0.660. The number of hydrogen-bond acceptors (Lipinski definition) is 4. The van der Waals surface area contributed by atoms with Crippen molar-refractivity contribution >= 4 is 11.3 Å². The molecule has 7 heteroatoms. The lowest BCUT2D eigenvalue weighted by Gasteiger charge is -2.23. The molecule has 2 unspecified atom stereocenters. The third-order valence-electron chi connectivity index (χ3n) is 2.70. The van der Waals surface area contributed by atoms with Crippen LogP contribution in [0, 0.1) is 0 Å². The molecule has 0 aliphatic carbocycles. The van der Waals surface area contributed by atoms with Gasteiger partial charge >= 0.3 is 6.18 Å². The van der Waals surface area contributed by atoms with Gasteiger partial charge in [0.25, 0.3) is 0 Å². The van der Waals surface area contributed by atoms with Crippen molar-refractivity contribution in [3.05, 3.63) is 16.1 Å². The zero-order chi connectivity index (χ0) is 12.0. The molecule has 2 atom stereocenters. The van der Waals surface area contributed by atoms with Crippen LogP contribution in [0.5, 0.6) is 0 Å². The zero-order valence-electron chi connectivity index (χ0n) is 8.41. The predicted molar refractivity (Wildman–Crippen MR) is 51.0 cm³/mol. The molecule has 0 bridgehead atoms. The third-order valence-corrected chi connectivity index (χ3v) is 3.91. The van der Waals surface area contributed by atoms with Gasteiger partial charge in [0.2, 0.25) is 0 Å². The van der Waals surface area contributed by atoms with Crippen molar-refractivity contribution < 1.29 is 23.0 Å². The average molecular weight is 253 g/mol. The van der Waals surface area contributed by atoms with Crippen LogP contribution in [-0.2, 0) is 16.5 Å². The molecule has 0 radical (unpaired) electrons. The minimum absolute atomic E-state index is 0.213. The van der Waals surface area contributed by atoms with Crippen LogP contribution in [0.2, 0.25) is 0 Å². The number of thiazole rings is 1. The SMILES string of the molecule is CC1OCCC1(O)c1cnc(C(F)(F)F)s1. The van der Waals surface area contributed by atoms with E-state index in [0.29, 0.717) is 24.4 Å². The van der Waals surface area contributed by atoms with Gasteiger partial charge in [-0.05, 0) is 6.92 Å². The summed E-state index contributed by atoms with van der Waals surface area (Å²) in [5.74, 6) is 0. The second-order valence-corrected chi connectivity index (χ2v) is 4.75. The summed E-state index contributed by atoms with van der Waals surface area (Å²) < 4.78 is 42.2. The van der Waals surface area contributed by atoms with Gasteiger partial charge in [-0.2, -0.15) is 13.2 Å². The molecule has 2 rings (SSSR count). The van der Waals surface area contributed by atoms with E-state index in [1.165, 1.54) is 0 Å². The van der Waals surface area contributed by atoms with Crippen molar-refractivity contribution in [2.24, 2.45) is 0 Å². The van der Waals surface area contributed by atoms with Crippen LogP contribution in [-0.4, -0.2) is 22.8 Å². The Balaban J connectivity index is 2.32. The number of ether oxygens (including phenoxy) is 1. The molecular formula is C9H10F3NO2S. The first-order valence-corrected chi connectivity index (χ1v) is 5.53. The molecule has 3 nitrogen and oxygen atoms in total. The number of halogens is 3. The predicted octanol–water partition coefficient (Wildman–Crippen LogP) is 2.16. The second kappa shape index (κ2) is 3.68. The Kier molecular flexibility index (Phi) is 2.72. The van der Waals surface area contributed by atoms with Crippen LogP contribution in [0.4, 0.5) is 13.2 Å². The summed E-state index contributed by atoms with van der Waals surface area (Å²) >= 11 is 0.474. The van der Waals surface area contributed by atoms with Crippen molar-refractivity contribution in [2.45, 2.75) is 31.2 Å². The molecule has 16 heavy (non-hydrogen) atoms. The highest BCUT2D eigenvalue weighted by atomic mass is 32.1. The molecule has 1 aliphatic heterocycles. The Labute approximate surface area is 93.9 Å². The Bertz CT molecular complexity index is 392. The highest BCUT2D eigenvalue weighted by Gasteiger charge is 2.44. The van der Waals surface area contributed by atoms with E-state index in [-0.39, 0.29) is 4.88 Å². The minimum Gasteiger partial charge on any atom is -0.381 e. The maximum atomic E-state index is 12.3. The maximum absolute atomic E-state index is 12.3. The summed E-state index contributed by atoms with van der Waals surface area (Å²) in [5, 5.41) is 9.25. The fraction of sp³-hybridized carbons (Fsp3) is 0.667. The monoisotopic (exact) mass is 253 g/mol. The molecule has 90 valence electrons. The normalized spacial score (nSPS) is 30.9. The molecule has 1 aliphatic rings. The average Bonchev–Trinajstić information content (AvgIpc) is 2.74. The van der Waals surface area contributed by atoms with Gasteiger partial charge in [-0.15, -0.1) is 11.3 Å². The molecule has 1 aromatic rings. The number of rotatable bonds is 1. The number of hydrogen-bond donors (Lipinski definition) is 1. The first kappa shape index (κ1) is 11.8. The van der Waals surface area contributed by atoms with Crippen LogP contribution in [0.25, 0.3) is 0 Å². The third kappa shape index (κ3) is 1.83. The highest BCUT2D eigenvalue weighted by molar-refractivity contribution is 7.11. The van der Waals surface area contributed by atoms with Gasteiger partial charge in [-0.3, -0.25) is 0 Å². The lowest BCUT2D eigenvalue weighted by atomic mass is 9.95. The van der Waals surface area contributed by atoms with Crippen molar-refractivity contribution in [1.29, 1.82) is 0 Å². The Morgan fingerprint density at radius 3 is 2.75 bits per heavy atom. The van der Waals surface area contributed by atoms with Crippen molar-refractivity contribution in [2.75, 3.05) is 6.61 Å². The van der Waals surface area contributed by atoms with E-state index in [0.717, 1.165) is 6.20 Å². The fourth-order valence-electron chi connectivity index (χ4n) is 1.66. The topological polar surface area (TPSA) is 42.4 Å². The molecule has 1 aromatic heterocycles. The zero-order valence-corrected chi connectivity index (χ0v) is 9.23. The quantitative estimate of drug-likeness (QED) is 0.834. The molecule has 0 aromatic carbocycles. The van der Waals surface area contributed by atoms with Gasteiger partial charge in [0.1, 0.15) is 5.60 Å². The van der Waals surface area contributed by atoms with E-state index < -0.39 is 22.9 Å². The molecular weight excluding hydrogens is 243 g/mol. The summed E-state index contributed by atoms with van der Waals surface area (Å²) in [5.41, 5.74) is -1.33. The van der Waals surface area contributed by atoms with E-state index >= 15 is 0 Å². The first-order chi connectivity index (χ1) is 7.34. The van der Waals surface area contributed by atoms with Crippen LogP contribution in [0.1, 0.15) is 23.2 Å². The number of alkyl halides is 3. The van der Waals surface area contributed by atoms with Crippen molar-refractivity contribution in [1.82, 2.24) is 4.98 Å². The minimum atomic E-state index is -4.46. The summed E-state index contributed by atoms with van der Waals surface area (Å²) in [6, 6.07) is 0. The van der Waals surface area contributed by atoms with Crippen LogP contribution < -0.4 is 0 Å². The van der Waals surface area contributed by atoms with E-state index in [2.05, 4.69) is 4.98 Å². The Morgan fingerprint density at radius 2 is 2.31 bits per heavy atom. The van der Waals surface area contributed by atoms with Gasteiger partial charge in [0, 0.05) is 12.6 Å². The van der Waals surface area contributed by atoms with Crippen LogP contribution in [0.15, 0.2) is 6.20 Å². The molecule has 2 heterocycles.